The van der Waals surface area contributed by atoms with Gasteiger partial charge in [-0.05, 0) is 37.8 Å². The molecule has 0 amide bonds. The van der Waals surface area contributed by atoms with Gasteiger partial charge in [-0.1, -0.05) is 73.5 Å². The van der Waals surface area contributed by atoms with Crippen molar-refractivity contribution in [2.45, 2.75) is 64.7 Å². The molecule has 0 spiro atoms. The van der Waals surface area contributed by atoms with Gasteiger partial charge in [0.15, 0.2) is 0 Å². The van der Waals surface area contributed by atoms with Crippen LogP contribution in [0.1, 0.15) is 50.7 Å². The molecule has 0 heterocycles. The number of hydrogen-bond acceptors (Lipinski definition) is 6. The molecule has 0 radical (unpaired) electrons. The number of benzene rings is 2. The zero-order valence-corrected chi connectivity index (χ0v) is 19.1. The first-order valence-electron chi connectivity index (χ1n) is 10.3. The fraction of sp³-hybridized carbons (Fsp3) is 0.417. The molecule has 7 heteroatoms. The van der Waals surface area contributed by atoms with Crippen molar-refractivity contribution < 1.29 is 36.3 Å². The van der Waals surface area contributed by atoms with Gasteiger partial charge in [0.2, 0.25) is 0 Å². The smallest absolute Gasteiger partial charge is 0.550 e. The molecule has 1 aliphatic rings. The van der Waals surface area contributed by atoms with Crippen LogP contribution in [0.2, 0.25) is 0 Å². The van der Waals surface area contributed by atoms with E-state index in [-0.39, 0.29) is 16.5 Å². The molecule has 1 fully saturated rings. The Hall–Kier alpha value is -2.21. The van der Waals surface area contributed by atoms with E-state index >= 15 is 0 Å². The predicted octanol–water partition coefficient (Wildman–Crippen LogP) is 1.39. The molecule has 2 atom stereocenters. The Morgan fingerprint density at radius 3 is 1.32 bits per heavy atom. The minimum atomic E-state index is -1.08. The van der Waals surface area contributed by atoms with Crippen molar-refractivity contribution in [1.29, 1.82) is 0 Å². The molecule has 1 aliphatic carbocycles. The van der Waals surface area contributed by atoms with Crippen LogP contribution >= 0.6 is 0 Å². The molecule has 0 aromatic heterocycles. The molecule has 0 bridgehead atoms. The summed E-state index contributed by atoms with van der Waals surface area (Å²) in [7, 11) is 0. The Labute approximate surface area is 195 Å². The third-order valence-corrected chi connectivity index (χ3v) is 4.59. The number of rotatable bonds is 6. The summed E-state index contributed by atoms with van der Waals surface area (Å²) in [5.41, 5.74) is 2.74. The largest absolute Gasteiger partial charge is 2.00 e. The molecule has 172 valence electrons. The first-order chi connectivity index (χ1) is 14.4. The van der Waals surface area contributed by atoms with Gasteiger partial charge in [-0.2, -0.15) is 0 Å². The Bertz CT molecular complexity index is 657. The second-order valence-electron chi connectivity index (χ2n) is 7.21. The van der Waals surface area contributed by atoms with E-state index in [2.05, 4.69) is 71.3 Å². The zero-order chi connectivity index (χ0) is 22.2. The first kappa shape index (κ1) is 28.8. The molecule has 0 aliphatic heterocycles. The molecule has 31 heavy (non-hydrogen) atoms. The SMILES string of the molecule is CC(=O)[O-].CC(=O)[O-].[Ni+2].c1ccc(CN[C@@H]2CCCC[C@H]2NCc2ccccc2)cc1. The van der Waals surface area contributed by atoms with Gasteiger partial charge in [0.1, 0.15) is 0 Å². The Morgan fingerprint density at radius 2 is 1.03 bits per heavy atom. The molecule has 0 unspecified atom stereocenters. The van der Waals surface area contributed by atoms with E-state index in [4.69, 9.17) is 19.8 Å². The van der Waals surface area contributed by atoms with Crippen LogP contribution in [0.25, 0.3) is 0 Å². The van der Waals surface area contributed by atoms with Gasteiger partial charge in [-0.3, -0.25) is 0 Å². The number of nitrogens with one attached hydrogen (secondary N) is 2. The van der Waals surface area contributed by atoms with Crippen molar-refractivity contribution in [2.75, 3.05) is 0 Å². The summed E-state index contributed by atoms with van der Waals surface area (Å²) in [5.74, 6) is -2.17. The maximum atomic E-state index is 8.89. The Balaban J connectivity index is 0.000000867. The van der Waals surface area contributed by atoms with Gasteiger partial charge in [0.05, 0.1) is 0 Å². The van der Waals surface area contributed by atoms with Crippen LogP contribution in [-0.4, -0.2) is 24.0 Å². The summed E-state index contributed by atoms with van der Waals surface area (Å²) in [6, 6.07) is 22.6. The molecule has 3 rings (SSSR count). The monoisotopic (exact) mass is 470 g/mol. The summed E-state index contributed by atoms with van der Waals surface area (Å²) < 4.78 is 0. The minimum Gasteiger partial charge on any atom is -0.550 e. The summed E-state index contributed by atoms with van der Waals surface area (Å²) in [6.45, 7) is 3.88. The number of carbonyl (C=O) groups excluding carboxylic acids is 2. The molecule has 6 nitrogen and oxygen atoms in total. The predicted molar refractivity (Wildman–Crippen MR) is 114 cm³/mol. The third-order valence-electron chi connectivity index (χ3n) is 4.59. The van der Waals surface area contributed by atoms with Crippen LogP contribution in [0.5, 0.6) is 0 Å². The normalized spacial score (nSPS) is 17.0. The average Bonchev–Trinajstić information content (AvgIpc) is 2.72. The Morgan fingerprint density at radius 1 is 0.742 bits per heavy atom. The van der Waals surface area contributed by atoms with Gasteiger partial charge in [0, 0.05) is 37.1 Å². The number of carboxylic acids is 2. The van der Waals surface area contributed by atoms with E-state index in [1.54, 1.807) is 0 Å². The molecule has 2 aromatic carbocycles. The molecular weight excluding hydrogens is 439 g/mol. The fourth-order valence-corrected chi connectivity index (χ4v) is 3.31. The van der Waals surface area contributed by atoms with Crippen LogP contribution in [0.3, 0.4) is 0 Å². The van der Waals surface area contributed by atoms with Crippen molar-refractivity contribution in [2.24, 2.45) is 0 Å². The molecular formula is C24H32N2NiO4. The second-order valence-corrected chi connectivity index (χ2v) is 7.21. The van der Waals surface area contributed by atoms with Crippen molar-refractivity contribution in [3.63, 3.8) is 0 Å². The van der Waals surface area contributed by atoms with Crippen molar-refractivity contribution in [3.8, 4) is 0 Å². The molecule has 2 aromatic rings. The summed E-state index contributed by atoms with van der Waals surface area (Å²) in [6.07, 6.45) is 5.24. The van der Waals surface area contributed by atoms with Gasteiger partial charge < -0.3 is 30.4 Å². The standard InChI is InChI=1S/C20H26N2.2C2H4O2.Ni/c1-3-9-17(10-4-1)15-21-19-13-7-8-14-20(19)22-16-18-11-5-2-6-12-18;2*1-2(3)4;/h1-6,9-12,19-22H,7-8,13-16H2;2*1H3,(H,3,4);/q;;;+2/p-2/t19-,20-;;;/m1.../s1. The van der Waals surface area contributed by atoms with Gasteiger partial charge >= 0.3 is 16.5 Å². The average molecular weight is 471 g/mol. The van der Waals surface area contributed by atoms with Crippen molar-refractivity contribution >= 4 is 11.9 Å². The topological polar surface area (TPSA) is 104 Å². The summed E-state index contributed by atoms with van der Waals surface area (Å²) >= 11 is 0. The van der Waals surface area contributed by atoms with Gasteiger partial charge in [-0.25, -0.2) is 0 Å². The number of hydrogen-bond donors (Lipinski definition) is 2. The maximum Gasteiger partial charge on any atom is 2.00 e. The third kappa shape index (κ3) is 15.3. The summed E-state index contributed by atoms with van der Waals surface area (Å²) in [4.78, 5) is 17.8. The van der Waals surface area contributed by atoms with Crippen LogP contribution < -0.4 is 20.8 Å². The van der Waals surface area contributed by atoms with Gasteiger partial charge in [0.25, 0.3) is 0 Å². The van der Waals surface area contributed by atoms with Crippen LogP contribution in [0, 0.1) is 0 Å². The minimum absolute atomic E-state index is 0. The number of carboxylic acid groups (broad SMARTS) is 2. The first-order valence-corrected chi connectivity index (χ1v) is 10.3. The fourth-order valence-electron chi connectivity index (χ4n) is 3.31. The molecule has 0 saturated heterocycles. The van der Waals surface area contributed by atoms with E-state index in [9.17, 15) is 0 Å². The van der Waals surface area contributed by atoms with E-state index in [0.29, 0.717) is 12.1 Å². The molecule has 2 N–H and O–H groups in total. The van der Waals surface area contributed by atoms with E-state index in [1.165, 1.54) is 36.8 Å². The maximum absolute atomic E-state index is 8.89. The van der Waals surface area contributed by atoms with E-state index in [1.807, 2.05) is 0 Å². The molecule has 1 saturated carbocycles. The van der Waals surface area contributed by atoms with Crippen molar-refractivity contribution in [1.82, 2.24) is 10.6 Å². The zero-order valence-electron chi connectivity index (χ0n) is 18.1. The van der Waals surface area contributed by atoms with Crippen LogP contribution in [0.15, 0.2) is 60.7 Å². The number of aliphatic carboxylic acids is 2. The van der Waals surface area contributed by atoms with Gasteiger partial charge in [-0.15, -0.1) is 0 Å². The van der Waals surface area contributed by atoms with E-state index < -0.39 is 11.9 Å². The van der Waals surface area contributed by atoms with E-state index in [0.717, 1.165) is 26.9 Å². The summed E-state index contributed by atoms with van der Waals surface area (Å²) in [5, 5.41) is 25.3. The Kier molecular flexibility index (Phi) is 16.2. The second kappa shape index (κ2) is 17.5. The van der Waals surface area contributed by atoms with Crippen LogP contribution in [0.4, 0.5) is 0 Å². The quantitative estimate of drug-likeness (QED) is 0.618. The van der Waals surface area contributed by atoms with Crippen LogP contribution in [-0.2, 0) is 39.2 Å². The number of carbonyl (C=O) groups is 2. The van der Waals surface area contributed by atoms with Crippen molar-refractivity contribution in [3.05, 3.63) is 71.8 Å².